The molecule has 0 radical (unpaired) electrons. The normalized spacial score (nSPS) is 19.4. The molecule has 1 aliphatic heterocycles. The molecule has 0 aliphatic carbocycles. The second kappa shape index (κ2) is 9.10. The Morgan fingerprint density at radius 1 is 1.31 bits per heavy atom. The number of hydrogen-bond donors (Lipinski definition) is 1. The standard InChI is InChI=1S/C19H23F2N3O4S/c1-10-7-24(8-11(2)28-10)18-12(9-25)6-13(16(20)17(18)21)19-23-22-14(29-19)4-5-15(26)27-3/h6,10-11,25H,4-5,7-9H2,1-3H3. The van der Waals surface area contributed by atoms with Crippen molar-refractivity contribution in [2.75, 3.05) is 25.1 Å². The lowest BCUT2D eigenvalue weighted by molar-refractivity contribution is -0.140. The largest absolute Gasteiger partial charge is 0.469 e. The number of carbonyl (C=O) groups is 1. The van der Waals surface area contributed by atoms with Crippen molar-refractivity contribution in [2.24, 2.45) is 0 Å². The average Bonchev–Trinajstić information content (AvgIpc) is 3.15. The summed E-state index contributed by atoms with van der Waals surface area (Å²) in [6.45, 7) is 4.06. The SMILES string of the molecule is COC(=O)CCc1nnc(-c2cc(CO)c(N3CC(C)OC(C)C3)c(F)c2F)s1. The molecule has 1 aromatic carbocycles. The minimum absolute atomic E-state index is 0.0474. The maximum Gasteiger partial charge on any atom is 0.305 e. The number of ether oxygens (including phenoxy) is 2. The van der Waals surface area contributed by atoms with Crippen LogP contribution in [-0.2, 0) is 27.3 Å². The van der Waals surface area contributed by atoms with Crippen molar-refractivity contribution in [3.05, 3.63) is 28.3 Å². The molecule has 7 nitrogen and oxygen atoms in total. The van der Waals surface area contributed by atoms with Crippen LogP contribution in [0.25, 0.3) is 10.6 Å². The van der Waals surface area contributed by atoms with E-state index in [4.69, 9.17) is 4.74 Å². The maximum atomic E-state index is 15.1. The van der Waals surface area contributed by atoms with E-state index in [0.29, 0.717) is 24.5 Å². The van der Waals surface area contributed by atoms with E-state index in [1.807, 2.05) is 13.8 Å². The van der Waals surface area contributed by atoms with E-state index < -0.39 is 18.2 Å². The van der Waals surface area contributed by atoms with Crippen LogP contribution in [0.4, 0.5) is 14.5 Å². The van der Waals surface area contributed by atoms with Crippen LogP contribution in [0, 0.1) is 11.6 Å². The van der Waals surface area contributed by atoms with Gasteiger partial charge in [-0.25, -0.2) is 8.78 Å². The van der Waals surface area contributed by atoms with Crippen LogP contribution in [0.2, 0.25) is 0 Å². The molecule has 1 aliphatic rings. The van der Waals surface area contributed by atoms with Gasteiger partial charge in [-0.3, -0.25) is 4.79 Å². The molecule has 10 heteroatoms. The summed E-state index contributed by atoms with van der Waals surface area (Å²) in [6.07, 6.45) is 0.125. The van der Waals surface area contributed by atoms with Gasteiger partial charge in [-0.1, -0.05) is 11.3 Å². The molecule has 0 amide bonds. The van der Waals surface area contributed by atoms with Crippen LogP contribution in [0.3, 0.4) is 0 Å². The van der Waals surface area contributed by atoms with E-state index in [2.05, 4.69) is 14.9 Å². The Bertz CT molecular complexity index is 883. The number of esters is 1. The minimum Gasteiger partial charge on any atom is -0.469 e. The second-order valence-electron chi connectivity index (χ2n) is 6.96. The zero-order chi connectivity index (χ0) is 21.1. The Kier molecular flexibility index (Phi) is 6.76. The first-order valence-electron chi connectivity index (χ1n) is 9.25. The van der Waals surface area contributed by atoms with E-state index in [1.54, 1.807) is 4.90 Å². The number of rotatable bonds is 6. The van der Waals surface area contributed by atoms with Gasteiger partial charge in [0.15, 0.2) is 16.6 Å². The minimum atomic E-state index is -1.04. The number of benzene rings is 1. The second-order valence-corrected chi connectivity index (χ2v) is 8.02. The van der Waals surface area contributed by atoms with Gasteiger partial charge in [-0.2, -0.15) is 0 Å². The van der Waals surface area contributed by atoms with Crippen LogP contribution >= 0.6 is 11.3 Å². The predicted molar refractivity (Wildman–Crippen MR) is 104 cm³/mol. The fourth-order valence-corrected chi connectivity index (χ4v) is 4.27. The zero-order valence-electron chi connectivity index (χ0n) is 16.4. The number of aliphatic hydroxyl groups excluding tert-OH is 1. The molecule has 1 saturated heterocycles. The number of hydrogen-bond acceptors (Lipinski definition) is 8. The highest BCUT2D eigenvalue weighted by molar-refractivity contribution is 7.14. The predicted octanol–water partition coefficient (Wildman–Crippen LogP) is 2.69. The molecule has 1 fully saturated rings. The van der Waals surface area contributed by atoms with E-state index in [-0.39, 0.29) is 46.4 Å². The summed E-state index contributed by atoms with van der Waals surface area (Å²) in [7, 11) is 1.29. The number of methoxy groups -OCH3 is 1. The van der Waals surface area contributed by atoms with Crippen molar-refractivity contribution in [2.45, 2.75) is 45.5 Å². The fourth-order valence-electron chi connectivity index (χ4n) is 3.42. The summed E-state index contributed by atoms with van der Waals surface area (Å²) in [5.41, 5.74) is 0.254. The van der Waals surface area contributed by atoms with Gasteiger partial charge in [0.1, 0.15) is 5.01 Å². The summed E-state index contributed by atoms with van der Waals surface area (Å²) in [6, 6.07) is 1.41. The highest BCUT2D eigenvalue weighted by Crippen LogP contribution is 2.36. The monoisotopic (exact) mass is 427 g/mol. The number of carbonyl (C=O) groups excluding carboxylic acids is 1. The van der Waals surface area contributed by atoms with Gasteiger partial charge in [0.2, 0.25) is 0 Å². The Morgan fingerprint density at radius 3 is 2.62 bits per heavy atom. The molecule has 158 valence electrons. The third-order valence-corrected chi connectivity index (χ3v) is 5.65. The molecule has 0 saturated carbocycles. The van der Waals surface area contributed by atoms with Gasteiger partial charge in [0.05, 0.1) is 43.6 Å². The third kappa shape index (κ3) is 4.71. The lowest BCUT2D eigenvalue weighted by Crippen LogP contribution is -2.46. The van der Waals surface area contributed by atoms with E-state index in [9.17, 15) is 14.3 Å². The molecule has 2 atom stereocenters. The first-order valence-corrected chi connectivity index (χ1v) is 10.1. The van der Waals surface area contributed by atoms with Crippen LogP contribution in [0.15, 0.2) is 6.07 Å². The first kappa shape index (κ1) is 21.5. The zero-order valence-corrected chi connectivity index (χ0v) is 17.3. The molecular formula is C19H23F2N3O4S. The third-order valence-electron chi connectivity index (χ3n) is 4.63. The molecular weight excluding hydrogens is 404 g/mol. The van der Waals surface area contributed by atoms with Crippen molar-refractivity contribution < 1.29 is 28.2 Å². The number of aryl methyl sites for hydroxylation is 1. The summed E-state index contributed by atoms with van der Waals surface area (Å²) in [5.74, 6) is -2.46. The first-order chi connectivity index (χ1) is 13.8. The van der Waals surface area contributed by atoms with Crippen molar-refractivity contribution in [1.82, 2.24) is 10.2 Å². The number of anilines is 1. The quantitative estimate of drug-likeness (QED) is 0.710. The molecule has 29 heavy (non-hydrogen) atoms. The van der Waals surface area contributed by atoms with Crippen molar-refractivity contribution in [1.29, 1.82) is 0 Å². The smallest absolute Gasteiger partial charge is 0.305 e. The Balaban J connectivity index is 1.93. The van der Waals surface area contributed by atoms with Crippen molar-refractivity contribution in [3.8, 4) is 10.6 Å². The summed E-state index contributed by atoms with van der Waals surface area (Å²) < 4.78 is 40.2. The van der Waals surface area contributed by atoms with Gasteiger partial charge in [-0.15, -0.1) is 10.2 Å². The molecule has 0 spiro atoms. The molecule has 1 N–H and O–H groups in total. The van der Waals surface area contributed by atoms with E-state index >= 15 is 4.39 Å². The van der Waals surface area contributed by atoms with Gasteiger partial charge < -0.3 is 19.5 Å². The maximum absolute atomic E-state index is 15.1. The van der Waals surface area contributed by atoms with E-state index in [0.717, 1.165) is 11.3 Å². The highest BCUT2D eigenvalue weighted by atomic mass is 32.1. The van der Waals surface area contributed by atoms with Gasteiger partial charge in [0.25, 0.3) is 0 Å². The summed E-state index contributed by atoms with van der Waals surface area (Å²) in [5, 5.41) is 18.4. The molecule has 2 aromatic rings. The number of halogens is 2. The molecule has 3 rings (SSSR count). The topological polar surface area (TPSA) is 84.8 Å². The Morgan fingerprint density at radius 2 is 2.00 bits per heavy atom. The van der Waals surface area contributed by atoms with Crippen molar-refractivity contribution >= 4 is 23.0 Å². The number of aliphatic hydroxyl groups is 1. The summed E-state index contributed by atoms with van der Waals surface area (Å²) in [4.78, 5) is 13.0. The lowest BCUT2D eigenvalue weighted by atomic mass is 10.0. The van der Waals surface area contributed by atoms with Crippen molar-refractivity contribution in [3.63, 3.8) is 0 Å². The number of morpholine rings is 1. The molecule has 1 aromatic heterocycles. The number of aromatic nitrogens is 2. The Labute approximate surface area is 171 Å². The lowest BCUT2D eigenvalue weighted by Gasteiger charge is -2.38. The molecule has 0 bridgehead atoms. The molecule has 2 heterocycles. The van der Waals surface area contributed by atoms with Crippen LogP contribution < -0.4 is 4.90 Å². The van der Waals surface area contributed by atoms with Gasteiger partial charge >= 0.3 is 5.97 Å². The molecule has 2 unspecified atom stereocenters. The van der Waals surface area contributed by atoms with Gasteiger partial charge in [-0.05, 0) is 19.9 Å². The average molecular weight is 427 g/mol. The fraction of sp³-hybridized carbons (Fsp3) is 0.526. The Hall–Kier alpha value is -2.17. The van der Waals surface area contributed by atoms with E-state index in [1.165, 1.54) is 13.2 Å². The van der Waals surface area contributed by atoms with Crippen LogP contribution in [0.5, 0.6) is 0 Å². The van der Waals surface area contributed by atoms with Crippen LogP contribution in [0.1, 0.15) is 30.8 Å². The highest BCUT2D eigenvalue weighted by Gasteiger charge is 2.29. The van der Waals surface area contributed by atoms with Crippen LogP contribution in [-0.4, -0.2) is 53.7 Å². The summed E-state index contributed by atoms with van der Waals surface area (Å²) >= 11 is 1.07. The van der Waals surface area contributed by atoms with Gasteiger partial charge in [0, 0.05) is 25.1 Å². The number of nitrogens with zero attached hydrogens (tertiary/aromatic N) is 3.